The highest BCUT2D eigenvalue weighted by atomic mass is 35.5. The highest BCUT2D eigenvalue weighted by Gasteiger charge is 2.17. The number of amides is 3. The predicted octanol–water partition coefficient (Wildman–Crippen LogP) is 3.88. The average molecular weight is 531 g/mol. The second-order valence-corrected chi connectivity index (χ2v) is 10.1. The van der Waals surface area contributed by atoms with Gasteiger partial charge in [0.15, 0.2) is 0 Å². The summed E-state index contributed by atoms with van der Waals surface area (Å²) in [6, 6.07) is 13.5. The van der Waals surface area contributed by atoms with Gasteiger partial charge in [0, 0.05) is 30.0 Å². The average Bonchev–Trinajstić information content (AvgIpc) is 2.85. The number of aromatic nitrogens is 1. The Labute approximate surface area is 213 Å². The molecular formula is C24H23ClN4O6S. The topological polar surface area (TPSA) is 136 Å². The van der Waals surface area contributed by atoms with Crippen molar-refractivity contribution in [2.75, 3.05) is 37.7 Å². The van der Waals surface area contributed by atoms with Crippen molar-refractivity contribution >= 4 is 50.6 Å². The number of pyridine rings is 1. The number of ether oxygens (including phenoxy) is 2. The Balaban J connectivity index is 1.82. The van der Waals surface area contributed by atoms with Crippen LogP contribution in [0.3, 0.4) is 0 Å². The molecule has 0 aliphatic carbocycles. The molecule has 0 spiro atoms. The minimum Gasteiger partial charge on any atom is -0.497 e. The Kier molecular flexibility index (Phi) is 8.75. The van der Waals surface area contributed by atoms with Crippen molar-refractivity contribution in [3.63, 3.8) is 0 Å². The van der Waals surface area contributed by atoms with Gasteiger partial charge >= 0.3 is 0 Å². The molecule has 0 radical (unpaired) electrons. The summed E-state index contributed by atoms with van der Waals surface area (Å²) in [5.41, 5.74) is 0.609. The lowest BCUT2D eigenvalue weighted by Crippen LogP contribution is -2.19. The fourth-order valence-corrected chi connectivity index (χ4v) is 4.33. The lowest BCUT2D eigenvalue weighted by molar-refractivity contribution is -0.121. The maximum absolute atomic E-state index is 12.9. The van der Waals surface area contributed by atoms with Crippen LogP contribution in [0, 0.1) is 0 Å². The lowest BCUT2D eigenvalue weighted by atomic mass is 10.1. The largest absolute Gasteiger partial charge is 0.497 e. The van der Waals surface area contributed by atoms with Crippen molar-refractivity contribution < 1.29 is 28.1 Å². The number of nitrogens with zero attached hydrogens (tertiary/aromatic N) is 2. The second-order valence-electron chi connectivity index (χ2n) is 7.43. The van der Waals surface area contributed by atoms with Crippen molar-refractivity contribution in [1.82, 2.24) is 4.98 Å². The van der Waals surface area contributed by atoms with Crippen LogP contribution in [0.2, 0.25) is 5.02 Å². The predicted molar refractivity (Wildman–Crippen MR) is 136 cm³/mol. The van der Waals surface area contributed by atoms with E-state index in [9.17, 15) is 18.6 Å². The van der Waals surface area contributed by atoms with E-state index in [4.69, 9.17) is 21.1 Å². The van der Waals surface area contributed by atoms with Gasteiger partial charge in [0.2, 0.25) is 0 Å². The van der Waals surface area contributed by atoms with Crippen LogP contribution in [0.15, 0.2) is 70.1 Å². The van der Waals surface area contributed by atoms with Gasteiger partial charge in [0.05, 0.1) is 33.1 Å². The molecule has 3 aromatic rings. The molecule has 36 heavy (non-hydrogen) atoms. The minimum absolute atomic E-state index is 0.142. The number of nitrogens with one attached hydrogen (secondary N) is 2. The van der Waals surface area contributed by atoms with Crippen molar-refractivity contribution in [1.29, 1.82) is 0 Å². The van der Waals surface area contributed by atoms with Gasteiger partial charge in [-0.3, -0.25) is 14.4 Å². The van der Waals surface area contributed by atoms with E-state index in [1.165, 1.54) is 63.1 Å². The molecule has 0 aliphatic heterocycles. The summed E-state index contributed by atoms with van der Waals surface area (Å²) in [4.78, 5) is 41.8. The minimum atomic E-state index is -3.01. The van der Waals surface area contributed by atoms with Crippen LogP contribution in [-0.4, -0.2) is 54.0 Å². The molecule has 0 fully saturated rings. The molecule has 0 saturated carbocycles. The van der Waals surface area contributed by atoms with E-state index in [1.807, 2.05) is 0 Å². The van der Waals surface area contributed by atoms with E-state index in [2.05, 4.69) is 20.0 Å². The fraction of sp³-hybridized carbons (Fsp3) is 0.167. The van der Waals surface area contributed by atoms with Crippen molar-refractivity contribution in [3.8, 4) is 5.75 Å². The first-order chi connectivity index (χ1) is 17.1. The van der Waals surface area contributed by atoms with Gasteiger partial charge in [0.25, 0.3) is 17.7 Å². The maximum Gasteiger partial charge on any atom is 0.279 e. The van der Waals surface area contributed by atoms with E-state index in [0.717, 1.165) is 0 Å². The first-order valence-electron chi connectivity index (χ1n) is 10.4. The summed E-state index contributed by atoms with van der Waals surface area (Å²) >= 11 is 5.83. The number of hydrogen-bond acceptors (Lipinski definition) is 7. The number of benzene rings is 2. The third-order valence-corrected chi connectivity index (χ3v) is 6.71. The second kappa shape index (κ2) is 11.8. The van der Waals surface area contributed by atoms with Crippen LogP contribution in [0.25, 0.3) is 0 Å². The lowest BCUT2D eigenvalue weighted by Gasteiger charge is -2.13. The Morgan fingerprint density at radius 2 is 1.72 bits per heavy atom. The molecule has 2 aromatic carbocycles. The molecule has 1 heterocycles. The van der Waals surface area contributed by atoms with Crippen LogP contribution in [0.4, 0.5) is 11.5 Å². The van der Waals surface area contributed by atoms with Crippen molar-refractivity contribution in [3.05, 3.63) is 76.9 Å². The van der Waals surface area contributed by atoms with Crippen LogP contribution >= 0.6 is 11.6 Å². The molecule has 3 rings (SSSR count). The number of methoxy groups -OCH3 is 2. The Bertz CT molecular complexity index is 1400. The number of halogens is 1. The summed E-state index contributed by atoms with van der Waals surface area (Å²) in [5, 5.41) is 5.76. The summed E-state index contributed by atoms with van der Waals surface area (Å²) < 4.78 is 26.4. The number of hydrogen-bond donors (Lipinski definition) is 2. The maximum atomic E-state index is 12.9. The van der Waals surface area contributed by atoms with E-state index in [-0.39, 0.29) is 34.1 Å². The molecule has 2 N–H and O–H groups in total. The molecule has 0 saturated heterocycles. The molecule has 1 aromatic heterocycles. The quantitative estimate of drug-likeness (QED) is 0.451. The molecule has 188 valence electrons. The third-order valence-electron chi connectivity index (χ3n) is 4.79. The van der Waals surface area contributed by atoms with Crippen molar-refractivity contribution in [2.45, 2.75) is 4.90 Å². The number of carbonyl (C=O) groups is 3. The highest BCUT2D eigenvalue weighted by molar-refractivity contribution is 7.93. The van der Waals surface area contributed by atoms with Crippen LogP contribution < -0.4 is 15.4 Å². The summed E-state index contributed by atoms with van der Waals surface area (Å²) in [7, 11) is -0.214. The molecule has 1 unspecified atom stereocenters. The van der Waals surface area contributed by atoms with Crippen LogP contribution in [0.5, 0.6) is 5.75 Å². The molecule has 0 aliphatic rings. The first-order valence-corrected chi connectivity index (χ1v) is 12.7. The molecule has 10 nitrogen and oxygen atoms in total. The number of carbonyl (C=O) groups excluding carboxylic acids is 3. The number of rotatable bonds is 8. The van der Waals surface area contributed by atoms with Gasteiger partial charge in [-0.15, -0.1) is 0 Å². The molecular weight excluding hydrogens is 508 g/mol. The van der Waals surface area contributed by atoms with E-state index < -0.39 is 27.5 Å². The first kappa shape index (κ1) is 26.8. The normalized spacial score (nSPS) is 12.2. The van der Waals surface area contributed by atoms with Gasteiger partial charge in [-0.05, 0) is 54.6 Å². The van der Waals surface area contributed by atoms with E-state index in [1.54, 1.807) is 18.2 Å². The Morgan fingerprint density at radius 3 is 2.33 bits per heavy atom. The van der Waals surface area contributed by atoms with Gasteiger partial charge in [-0.25, -0.2) is 9.19 Å². The monoisotopic (exact) mass is 530 g/mol. The SMILES string of the molecule is COCC(=O)N=S(C)(=O)c1ccc(C(=O)Nc2ccc(OC)cc2C(=O)Nc2ccc(Cl)cn2)cc1. The molecule has 12 heteroatoms. The van der Waals surface area contributed by atoms with Gasteiger partial charge in [-0.2, -0.15) is 4.36 Å². The molecule has 3 amide bonds. The van der Waals surface area contributed by atoms with E-state index >= 15 is 0 Å². The van der Waals surface area contributed by atoms with Gasteiger partial charge in [0.1, 0.15) is 18.2 Å². The highest BCUT2D eigenvalue weighted by Crippen LogP contribution is 2.24. The van der Waals surface area contributed by atoms with Gasteiger partial charge in [-0.1, -0.05) is 11.6 Å². The zero-order valence-corrected chi connectivity index (χ0v) is 21.2. The van der Waals surface area contributed by atoms with Gasteiger partial charge < -0.3 is 20.1 Å². The zero-order chi connectivity index (χ0) is 26.3. The summed E-state index contributed by atoms with van der Waals surface area (Å²) in [6.45, 7) is -0.281. The Morgan fingerprint density at radius 1 is 1.00 bits per heavy atom. The summed E-state index contributed by atoms with van der Waals surface area (Å²) in [5.74, 6) is -0.998. The van der Waals surface area contributed by atoms with Crippen LogP contribution in [0.1, 0.15) is 20.7 Å². The fourth-order valence-electron chi connectivity index (χ4n) is 3.03. The third kappa shape index (κ3) is 6.87. The number of anilines is 2. The smallest absolute Gasteiger partial charge is 0.279 e. The van der Waals surface area contributed by atoms with Crippen molar-refractivity contribution in [2.24, 2.45) is 4.36 Å². The molecule has 1 atom stereocenters. The Hall–Kier alpha value is -3.80. The zero-order valence-electron chi connectivity index (χ0n) is 19.6. The summed E-state index contributed by atoms with van der Waals surface area (Å²) in [6.07, 6.45) is 2.72. The van der Waals surface area contributed by atoms with Crippen LogP contribution in [-0.2, 0) is 19.3 Å². The standard InChI is InChI=1S/C24H23ClN4O6S/c1-34-14-22(30)29-36(3,33)18-8-4-15(5-9-18)23(31)27-20-10-7-17(35-2)12-19(20)24(32)28-21-11-6-16(25)13-26-21/h4-13H,14H2,1-3H3,(H,27,31)(H,26,28,32). The van der Waals surface area contributed by atoms with E-state index in [0.29, 0.717) is 10.8 Å². The molecule has 0 bridgehead atoms.